The van der Waals surface area contributed by atoms with Crippen molar-refractivity contribution >= 4 is 16.7 Å². The van der Waals surface area contributed by atoms with Gasteiger partial charge in [0.25, 0.3) is 0 Å². The highest BCUT2D eigenvalue weighted by molar-refractivity contribution is 5.87. The van der Waals surface area contributed by atoms with Crippen molar-refractivity contribution in [3.8, 4) is 28.4 Å². The summed E-state index contributed by atoms with van der Waals surface area (Å²) in [6.07, 6.45) is 3.79. The quantitative estimate of drug-likeness (QED) is 0.348. The van der Waals surface area contributed by atoms with E-state index in [4.69, 9.17) is 4.74 Å². The van der Waals surface area contributed by atoms with Crippen molar-refractivity contribution in [1.29, 1.82) is 0 Å². The summed E-state index contributed by atoms with van der Waals surface area (Å²) in [4.78, 5) is 16.7. The normalized spacial score (nSPS) is 11.1. The molecule has 1 N–H and O–H groups in total. The third-order valence-corrected chi connectivity index (χ3v) is 5.74. The number of nitrogens with zero attached hydrogens (tertiary/aromatic N) is 5. The zero-order chi connectivity index (χ0) is 24.4. The minimum atomic E-state index is -0.474. The van der Waals surface area contributed by atoms with Crippen LogP contribution < -0.4 is 10.1 Å². The van der Waals surface area contributed by atoms with Gasteiger partial charge in [-0.3, -0.25) is 0 Å². The van der Waals surface area contributed by atoms with Crippen molar-refractivity contribution in [1.82, 2.24) is 24.5 Å². The van der Waals surface area contributed by atoms with Crippen LogP contribution in [0.15, 0.2) is 67.3 Å². The van der Waals surface area contributed by atoms with E-state index in [-0.39, 0.29) is 5.82 Å². The third kappa shape index (κ3) is 4.65. The molecule has 0 unspecified atom stereocenters. The molecule has 5 aromatic rings. The summed E-state index contributed by atoms with van der Waals surface area (Å²) >= 11 is 0. The number of methoxy groups -OCH3 is 1. The fourth-order valence-corrected chi connectivity index (χ4v) is 4.05. The molecule has 176 valence electrons. The molecule has 0 saturated carbocycles. The van der Waals surface area contributed by atoms with E-state index in [0.717, 1.165) is 45.8 Å². The molecule has 3 aromatic heterocycles. The van der Waals surface area contributed by atoms with E-state index in [1.807, 2.05) is 47.9 Å². The van der Waals surface area contributed by atoms with Crippen LogP contribution in [0.1, 0.15) is 5.69 Å². The lowest BCUT2D eigenvalue weighted by Crippen LogP contribution is -2.12. The third-order valence-electron chi connectivity index (χ3n) is 5.74. The number of aryl methyl sites for hydroxylation is 1. The zero-order valence-corrected chi connectivity index (χ0v) is 19.2. The number of anilines is 1. The van der Waals surface area contributed by atoms with Crippen LogP contribution in [0.3, 0.4) is 0 Å². The Hall–Kier alpha value is -4.40. The number of benzene rings is 2. The van der Waals surface area contributed by atoms with E-state index in [0.29, 0.717) is 30.5 Å². The Morgan fingerprint density at radius 2 is 1.63 bits per heavy atom. The number of halogens is 2. The number of hydrogen-bond acceptors (Lipinski definition) is 6. The first-order chi connectivity index (χ1) is 17.0. The molecule has 0 aliphatic heterocycles. The first-order valence-corrected chi connectivity index (χ1v) is 11.0. The molecular formula is C26H22F2N6O. The average Bonchev–Trinajstić information content (AvgIpc) is 3.19. The Balaban J connectivity index is 1.29. The van der Waals surface area contributed by atoms with Crippen LogP contribution >= 0.6 is 0 Å². The zero-order valence-electron chi connectivity index (χ0n) is 19.2. The van der Waals surface area contributed by atoms with Crippen molar-refractivity contribution in [3.05, 3.63) is 84.6 Å². The second kappa shape index (κ2) is 9.46. The van der Waals surface area contributed by atoms with Crippen LogP contribution in [-0.2, 0) is 6.54 Å². The van der Waals surface area contributed by atoms with Crippen molar-refractivity contribution in [2.45, 2.75) is 13.5 Å². The summed E-state index contributed by atoms with van der Waals surface area (Å²) in [6, 6.07) is 14.3. The highest BCUT2D eigenvalue weighted by Crippen LogP contribution is 2.30. The van der Waals surface area contributed by atoms with E-state index in [9.17, 15) is 8.78 Å². The molecule has 0 fully saturated rings. The highest BCUT2D eigenvalue weighted by Gasteiger charge is 2.12. The molecule has 0 atom stereocenters. The summed E-state index contributed by atoms with van der Waals surface area (Å²) < 4.78 is 34.5. The molecule has 0 amide bonds. The van der Waals surface area contributed by atoms with Crippen LogP contribution in [0.5, 0.6) is 5.75 Å². The van der Waals surface area contributed by atoms with Gasteiger partial charge in [-0.25, -0.2) is 28.7 Å². The van der Waals surface area contributed by atoms with E-state index >= 15 is 0 Å². The maximum Gasteiger partial charge on any atom is 0.159 e. The van der Waals surface area contributed by atoms with Gasteiger partial charge < -0.3 is 14.6 Å². The topological polar surface area (TPSA) is 77.8 Å². The van der Waals surface area contributed by atoms with E-state index in [1.54, 1.807) is 7.11 Å². The molecule has 0 aliphatic carbocycles. The van der Waals surface area contributed by atoms with E-state index < -0.39 is 5.82 Å². The monoisotopic (exact) mass is 472 g/mol. The summed E-state index contributed by atoms with van der Waals surface area (Å²) in [5.74, 6) is 0.844. The van der Waals surface area contributed by atoms with E-state index in [2.05, 4.69) is 25.3 Å². The summed E-state index contributed by atoms with van der Waals surface area (Å²) in [7, 11) is 1.54. The van der Waals surface area contributed by atoms with Crippen LogP contribution in [-0.4, -0.2) is 38.2 Å². The van der Waals surface area contributed by atoms with Crippen molar-refractivity contribution in [2.75, 3.05) is 19.0 Å². The minimum Gasteiger partial charge on any atom is -0.496 e. The number of rotatable bonds is 7. The number of nitrogens with one attached hydrogen (secondary N) is 1. The molecule has 2 aromatic carbocycles. The largest absolute Gasteiger partial charge is 0.496 e. The molecule has 9 heteroatoms. The maximum atomic E-state index is 14.1. The Morgan fingerprint density at radius 1 is 0.886 bits per heavy atom. The second-order valence-corrected chi connectivity index (χ2v) is 8.00. The smallest absolute Gasteiger partial charge is 0.159 e. The van der Waals surface area contributed by atoms with Gasteiger partial charge in [-0.1, -0.05) is 24.3 Å². The van der Waals surface area contributed by atoms with Crippen LogP contribution in [0, 0.1) is 18.6 Å². The first-order valence-electron chi connectivity index (χ1n) is 11.0. The summed E-state index contributed by atoms with van der Waals surface area (Å²) in [6.45, 7) is 3.19. The Morgan fingerprint density at radius 3 is 2.37 bits per heavy atom. The fraction of sp³-hybridized carbons (Fsp3) is 0.154. The van der Waals surface area contributed by atoms with Gasteiger partial charge in [-0.2, -0.15) is 0 Å². The lowest BCUT2D eigenvalue weighted by Gasteiger charge is -2.11. The van der Waals surface area contributed by atoms with Crippen molar-refractivity contribution in [3.63, 3.8) is 0 Å². The molecule has 5 rings (SSSR count). The lowest BCUT2D eigenvalue weighted by atomic mass is 10.1. The average molecular weight is 472 g/mol. The molecular weight excluding hydrogens is 450 g/mol. The molecule has 7 nitrogen and oxygen atoms in total. The molecule has 0 aliphatic rings. The molecule has 0 spiro atoms. The summed E-state index contributed by atoms with van der Waals surface area (Å²) in [5, 5.41) is 4.20. The van der Waals surface area contributed by atoms with Crippen molar-refractivity contribution in [2.24, 2.45) is 0 Å². The fourth-order valence-electron chi connectivity index (χ4n) is 4.05. The number of ether oxygens (including phenoxy) is 1. The van der Waals surface area contributed by atoms with Crippen LogP contribution in [0.25, 0.3) is 33.5 Å². The first kappa shape index (κ1) is 22.4. The number of aromatic nitrogens is 5. The predicted molar refractivity (Wildman–Crippen MR) is 130 cm³/mol. The molecule has 0 radical (unpaired) electrons. The SMILES string of the molecule is COc1cc(F)cc2c1cc(C)n2CCNc1cc(-c2ccc(-c3ncc(F)cn3)cc2)ncn1. The lowest BCUT2D eigenvalue weighted by molar-refractivity contribution is 0.416. The second-order valence-electron chi connectivity index (χ2n) is 8.00. The van der Waals surface area contributed by atoms with Crippen LogP contribution in [0.4, 0.5) is 14.6 Å². The van der Waals surface area contributed by atoms with Crippen molar-refractivity contribution < 1.29 is 13.5 Å². The van der Waals surface area contributed by atoms with Gasteiger partial charge in [-0.15, -0.1) is 0 Å². The van der Waals surface area contributed by atoms with Gasteiger partial charge >= 0.3 is 0 Å². The molecule has 0 saturated heterocycles. The van der Waals surface area contributed by atoms with Gasteiger partial charge in [-0.05, 0) is 19.1 Å². The maximum absolute atomic E-state index is 14.1. The van der Waals surface area contributed by atoms with E-state index in [1.165, 1.54) is 18.5 Å². The Bertz CT molecular complexity index is 1480. The van der Waals surface area contributed by atoms with Gasteiger partial charge in [0.1, 0.15) is 23.7 Å². The molecule has 0 bridgehead atoms. The van der Waals surface area contributed by atoms with Gasteiger partial charge in [0, 0.05) is 47.4 Å². The van der Waals surface area contributed by atoms with Crippen LogP contribution in [0.2, 0.25) is 0 Å². The van der Waals surface area contributed by atoms with Gasteiger partial charge in [0.2, 0.25) is 0 Å². The predicted octanol–water partition coefficient (Wildman–Crippen LogP) is 5.26. The number of hydrogen-bond donors (Lipinski definition) is 1. The Labute approximate surface area is 200 Å². The minimum absolute atomic E-state index is 0.334. The number of fused-ring (bicyclic) bond motifs is 1. The standard InChI is InChI=1S/C26H22F2N6O/c1-16-9-21-23(10-19(27)11-24(21)35-2)34(16)8-7-29-25-12-22(32-15-33-25)17-3-5-18(6-4-17)26-30-13-20(28)14-31-26/h3-6,9-15H,7-8H2,1-2H3,(H,29,32,33). The van der Waals surface area contributed by atoms with Gasteiger partial charge in [0.15, 0.2) is 11.6 Å². The Kier molecular flexibility index (Phi) is 6.05. The molecule has 35 heavy (non-hydrogen) atoms. The highest BCUT2D eigenvalue weighted by atomic mass is 19.1. The summed E-state index contributed by atoms with van der Waals surface area (Å²) in [5.41, 5.74) is 4.23. The molecule has 3 heterocycles. The van der Waals surface area contributed by atoms with Gasteiger partial charge in [0.05, 0.1) is 30.7 Å².